The Hall–Kier alpha value is -2.40. The zero-order valence-electron chi connectivity index (χ0n) is 26.6. The number of nitrogens with zero attached hydrogens (tertiary/aromatic N) is 2. The molecule has 1 unspecified atom stereocenters. The molecule has 0 aliphatic heterocycles. The van der Waals surface area contributed by atoms with Gasteiger partial charge in [0.2, 0.25) is 0 Å². The van der Waals surface area contributed by atoms with Crippen LogP contribution in [0.2, 0.25) is 0 Å². The van der Waals surface area contributed by atoms with Crippen molar-refractivity contribution in [2.45, 2.75) is 156 Å². The Balaban J connectivity index is -0.000000154. The summed E-state index contributed by atoms with van der Waals surface area (Å²) < 4.78 is 0. The van der Waals surface area contributed by atoms with Gasteiger partial charge < -0.3 is 15.6 Å². The van der Waals surface area contributed by atoms with Gasteiger partial charge in [0, 0.05) is 40.6 Å². The number of aromatic nitrogens is 3. The van der Waals surface area contributed by atoms with E-state index in [9.17, 15) is 0 Å². The molecule has 4 rings (SSSR count). The Morgan fingerprint density at radius 2 is 1.38 bits per heavy atom. The van der Waals surface area contributed by atoms with Gasteiger partial charge in [-0.2, -0.15) is 0 Å². The van der Waals surface area contributed by atoms with Crippen molar-refractivity contribution in [3.8, 4) is 0 Å². The molecule has 0 amide bonds. The van der Waals surface area contributed by atoms with E-state index in [0.717, 1.165) is 16.7 Å². The van der Waals surface area contributed by atoms with Crippen LogP contribution in [0, 0.1) is 0 Å². The second kappa shape index (κ2) is 25.6. The molecule has 3 aromatic rings. The summed E-state index contributed by atoms with van der Waals surface area (Å²) >= 11 is 0. The van der Waals surface area contributed by atoms with Crippen LogP contribution in [0.3, 0.4) is 0 Å². The van der Waals surface area contributed by atoms with E-state index >= 15 is 0 Å². The van der Waals surface area contributed by atoms with Crippen LogP contribution in [-0.4, -0.2) is 32.1 Å². The van der Waals surface area contributed by atoms with E-state index in [1.807, 2.05) is 73.7 Å². The van der Waals surface area contributed by atoms with Gasteiger partial charge in [-0.25, -0.2) is 9.97 Å². The van der Waals surface area contributed by atoms with Gasteiger partial charge in [0.15, 0.2) is 5.65 Å². The van der Waals surface area contributed by atoms with Gasteiger partial charge in [-0.15, -0.1) is 0 Å². The third-order valence-electron chi connectivity index (χ3n) is 4.75. The molecule has 3 aromatic heterocycles. The van der Waals surface area contributed by atoms with E-state index in [1.165, 1.54) is 30.5 Å². The third kappa shape index (κ3) is 19.6. The summed E-state index contributed by atoms with van der Waals surface area (Å²) in [4.78, 5) is 11.8. The van der Waals surface area contributed by atoms with Crippen molar-refractivity contribution >= 4 is 16.7 Å². The Kier molecular flexibility index (Phi) is 30.3. The summed E-state index contributed by atoms with van der Waals surface area (Å²) in [6.45, 7) is 29.1. The highest BCUT2D eigenvalue weighted by Crippen LogP contribution is 2.21. The number of anilines is 1. The van der Waals surface area contributed by atoms with Crippen molar-refractivity contribution in [3.05, 3.63) is 54.1 Å². The second-order valence-electron chi connectivity index (χ2n) is 9.96. The molecule has 0 saturated carbocycles. The van der Waals surface area contributed by atoms with Crippen molar-refractivity contribution in [3.63, 3.8) is 0 Å². The lowest BCUT2D eigenvalue weighted by atomic mass is 9.91. The van der Waals surface area contributed by atoms with Crippen molar-refractivity contribution in [2.24, 2.45) is 0 Å². The normalized spacial score (nSPS) is 12.7. The minimum Gasteiger partial charge on any atom is -0.379 e. The van der Waals surface area contributed by atoms with E-state index in [4.69, 9.17) is 0 Å². The molecule has 3 N–H and O–H groups in total. The second-order valence-corrected chi connectivity index (χ2v) is 9.96. The molecule has 5 heteroatoms. The molecule has 1 aliphatic rings. The van der Waals surface area contributed by atoms with Gasteiger partial charge in [-0.1, -0.05) is 77.7 Å². The standard InChI is InChI=1S/C12H15N3.C12H20N2.4C2H6.3CH4/c1-12(2,3)15-10-7-9-5-4-6-13-11(9)14-8-10;1-12(2,3)14-10-4-5-11-9(8-10)6-7-13-11;4*1-2;;;/h4-8,15H,1-3H3;6-7,10,13-14H,4-5,8H2,1-3H3;4*1-2H3;3*1H4. The molecule has 1 aliphatic carbocycles. The number of hydrogen-bond donors (Lipinski definition) is 3. The summed E-state index contributed by atoms with van der Waals surface area (Å²) in [5.74, 6) is 0. The van der Waals surface area contributed by atoms with E-state index in [2.05, 4.69) is 85.5 Å². The first-order chi connectivity index (χ1) is 17.6. The predicted molar refractivity (Wildman–Crippen MR) is 188 cm³/mol. The van der Waals surface area contributed by atoms with Crippen LogP contribution in [0.5, 0.6) is 0 Å². The zero-order valence-corrected chi connectivity index (χ0v) is 26.6. The number of H-pyrrole nitrogens is 1. The fourth-order valence-electron chi connectivity index (χ4n) is 3.75. The van der Waals surface area contributed by atoms with Crippen LogP contribution in [0.15, 0.2) is 42.9 Å². The van der Waals surface area contributed by atoms with Gasteiger partial charge in [0.1, 0.15) is 0 Å². The maximum Gasteiger partial charge on any atom is 0.159 e. The number of rotatable bonds is 2. The van der Waals surface area contributed by atoms with Gasteiger partial charge in [0.05, 0.1) is 11.9 Å². The SMILES string of the molecule is C.C.C.CC.CC.CC.CC.CC(C)(C)NC1CCc2[nH]ccc2C1.CC(C)(C)Nc1cnc2ncccc2c1. The molecular formula is C35H71N5. The minimum absolute atomic E-state index is 0. The Morgan fingerprint density at radius 1 is 0.800 bits per heavy atom. The average Bonchev–Trinajstić information content (AvgIpc) is 3.35. The van der Waals surface area contributed by atoms with Crippen LogP contribution < -0.4 is 10.6 Å². The summed E-state index contributed by atoms with van der Waals surface area (Å²) in [6.07, 6.45) is 9.26. The van der Waals surface area contributed by atoms with Gasteiger partial charge in [-0.05, 0) is 90.6 Å². The van der Waals surface area contributed by atoms with Crippen molar-refractivity contribution in [1.82, 2.24) is 20.3 Å². The topological polar surface area (TPSA) is 65.6 Å². The molecule has 5 nitrogen and oxygen atoms in total. The Labute approximate surface area is 251 Å². The van der Waals surface area contributed by atoms with Crippen molar-refractivity contribution in [1.29, 1.82) is 0 Å². The lowest BCUT2D eigenvalue weighted by Gasteiger charge is -2.31. The Morgan fingerprint density at radius 3 is 1.90 bits per heavy atom. The number of hydrogen-bond acceptors (Lipinski definition) is 4. The average molecular weight is 562 g/mol. The maximum atomic E-state index is 4.29. The van der Waals surface area contributed by atoms with Gasteiger partial charge in [-0.3, -0.25) is 0 Å². The number of fused-ring (bicyclic) bond motifs is 2. The monoisotopic (exact) mass is 562 g/mol. The first-order valence-corrected chi connectivity index (χ1v) is 14.5. The van der Waals surface area contributed by atoms with E-state index < -0.39 is 0 Å². The van der Waals surface area contributed by atoms with E-state index in [1.54, 1.807) is 6.20 Å². The molecule has 236 valence electrons. The maximum absolute atomic E-state index is 4.29. The van der Waals surface area contributed by atoms with Crippen LogP contribution in [-0.2, 0) is 12.8 Å². The smallest absolute Gasteiger partial charge is 0.159 e. The molecular weight excluding hydrogens is 490 g/mol. The zero-order chi connectivity index (χ0) is 29.1. The van der Waals surface area contributed by atoms with E-state index in [0.29, 0.717) is 6.04 Å². The molecule has 0 radical (unpaired) electrons. The van der Waals surface area contributed by atoms with Crippen molar-refractivity contribution in [2.75, 3.05) is 5.32 Å². The van der Waals surface area contributed by atoms with Crippen LogP contribution >= 0.6 is 0 Å². The highest BCUT2D eigenvalue weighted by Gasteiger charge is 2.22. The quantitative estimate of drug-likeness (QED) is 0.291. The van der Waals surface area contributed by atoms with Gasteiger partial charge >= 0.3 is 0 Å². The van der Waals surface area contributed by atoms with Crippen LogP contribution in [0.4, 0.5) is 5.69 Å². The molecule has 1 atom stereocenters. The third-order valence-corrected chi connectivity index (χ3v) is 4.75. The molecule has 0 fully saturated rings. The first kappa shape index (κ1) is 47.4. The molecule has 0 spiro atoms. The Bertz CT molecular complexity index is 933. The first-order valence-electron chi connectivity index (χ1n) is 14.5. The lowest BCUT2D eigenvalue weighted by molar-refractivity contribution is 0.335. The molecule has 0 bridgehead atoms. The lowest BCUT2D eigenvalue weighted by Crippen LogP contribution is -2.46. The highest BCUT2D eigenvalue weighted by atomic mass is 15.0. The number of pyridine rings is 2. The van der Waals surface area contributed by atoms with Crippen LogP contribution in [0.25, 0.3) is 11.0 Å². The predicted octanol–water partition coefficient (Wildman–Crippen LogP) is 11.1. The molecule has 3 heterocycles. The summed E-state index contributed by atoms with van der Waals surface area (Å²) in [5, 5.41) is 8.12. The molecule has 0 aromatic carbocycles. The molecule has 0 saturated heterocycles. The van der Waals surface area contributed by atoms with E-state index in [-0.39, 0.29) is 33.4 Å². The molecule has 40 heavy (non-hydrogen) atoms. The summed E-state index contributed by atoms with van der Waals surface area (Å²) in [7, 11) is 0. The van der Waals surface area contributed by atoms with Crippen LogP contribution in [0.1, 0.15) is 137 Å². The number of aromatic amines is 1. The summed E-state index contributed by atoms with van der Waals surface area (Å²) in [6, 6.07) is 8.87. The largest absolute Gasteiger partial charge is 0.379 e. The van der Waals surface area contributed by atoms with Crippen molar-refractivity contribution < 1.29 is 0 Å². The fraction of sp³-hybridized carbons (Fsp3) is 0.657. The number of aryl methyl sites for hydroxylation is 1. The number of nitrogens with one attached hydrogen (secondary N) is 3. The fourth-order valence-corrected chi connectivity index (χ4v) is 3.75. The minimum atomic E-state index is 0. The summed E-state index contributed by atoms with van der Waals surface area (Å²) in [5.41, 5.74) is 5.05. The highest BCUT2D eigenvalue weighted by molar-refractivity contribution is 5.78. The van der Waals surface area contributed by atoms with Gasteiger partial charge in [0.25, 0.3) is 0 Å².